The van der Waals surface area contributed by atoms with Crippen LogP contribution in [0.2, 0.25) is 0 Å². The number of aliphatic hydroxyl groups excluding tert-OH is 1. The number of nitrogens with zero attached hydrogens (tertiary/aromatic N) is 1. The van der Waals surface area contributed by atoms with Crippen LogP contribution in [0.1, 0.15) is 24.2 Å². The largest absolute Gasteiger partial charge is 0.395 e. The van der Waals surface area contributed by atoms with Crippen molar-refractivity contribution in [2.24, 2.45) is 5.73 Å². The molecular formula is C10H16N2O3. The number of aromatic nitrogens is 1. The topological polar surface area (TPSA) is 85.3 Å². The Morgan fingerprint density at radius 3 is 2.60 bits per heavy atom. The SMILES string of the molecule is CC.NC(=O)c1cccn(CCO)c1=O. The molecule has 84 valence electrons. The number of nitrogens with two attached hydrogens (primary N) is 1. The fraction of sp³-hybridized carbons (Fsp3) is 0.400. The van der Waals surface area contributed by atoms with Crippen LogP contribution in [-0.4, -0.2) is 22.2 Å². The van der Waals surface area contributed by atoms with Crippen molar-refractivity contribution in [3.63, 3.8) is 0 Å². The zero-order chi connectivity index (χ0) is 11.8. The highest BCUT2D eigenvalue weighted by molar-refractivity contribution is 5.92. The van der Waals surface area contributed by atoms with Gasteiger partial charge in [0.15, 0.2) is 0 Å². The molecule has 0 bridgehead atoms. The van der Waals surface area contributed by atoms with E-state index in [1.54, 1.807) is 0 Å². The van der Waals surface area contributed by atoms with E-state index in [9.17, 15) is 9.59 Å². The van der Waals surface area contributed by atoms with Crippen LogP contribution in [0.25, 0.3) is 0 Å². The maximum Gasteiger partial charge on any atom is 0.263 e. The first-order valence-corrected chi connectivity index (χ1v) is 4.77. The Kier molecular flexibility index (Phi) is 6.05. The summed E-state index contributed by atoms with van der Waals surface area (Å²) in [5.74, 6) is -0.753. The van der Waals surface area contributed by atoms with Crippen molar-refractivity contribution in [1.82, 2.24) is 4.57 Å². The Morgan fingerprint density at radius 1 is 1.53 bits per heavy atom. The molecule has 3 N–H and O–H groups in total. The van der Waals surface area contributed by atoms with Crippen LogP contribution in [0.4, 0.5) is 0 Å². The van der Waals surface area contributed by atoms with E-state index in [4.69, 9.17) is 10.8 Å². The number of primary amides is 1. The Morgan fingerprint density at radius 2 is 2.13 bits per heavy atom. The van der Waals surface area contributed by atoms with Crippen LogP contribution in [0, 0.1) is 0 Å². The molecule has 1 rings (SSSR count). The number of carbonyl (C=O) groups is 1. The Labute approximate surface area is 88.1 Å². The van der Waals surface area contributed by atoms with Crippen molar-refractivity contribution < 1.29 is 9.90 Å². The Bertz CT molecular complexity index is 371. The molecule has 15 heavy (non-hydrogen) atoms. The molecule has 5 heteroatoms. The minimum atomic E-state index is -0.753. The molecule has 1 aromatic rings. The number of rotatable bonds is 3. The molecule has 0 fully saturated rings. The van der Waals surface area contributed by atoms with E-state index in [2.05, 4.69) is 0 Å². The summed E-state index contributed by atoms with van der Waals surface area (Å²) in [6.07, 6.45) is 1.49. The fourth-order valence-electron chi connectivity index (χ4n) is 1.01. The molecule has 1 heterocycles. The van der Waals surface area contributed by atoms with Gasteiger partial charge in [-0.2, -0.15) is 0 Å². The third-order valence-corrected chi connectivity index (χ3v) is 1.63. The van der Waals surface area contributed by atoms with Gasteiger partial charge in [-0.1, -0.05) is 13.8 Å². The molecule has 1 amide bonds. The summed E-state index contributed by atoms with van der Waals surface area (Å²) in [6.45, 7) is 4.02. The number of hydrogen-bond donors (Lipinski definition) is 2. The van der Waals surface area contributed by atoms with Crippen LogP contribution in [-0.2, 0) is 6.54 Å². The molecule has 0 atom stereocenters. The molecular weight excluding hydrogens is 196 g/mol. The third kappa shape index (κ3) is 3.55. The smallest absolute Gasteiger partial charge is 0.263 e. The highest BCUT2D eigenvalue weighted by Gasteiger charge is 2.06. The number of pyridine rings is 1. The minimum Gasteiger partial charge on any atom is -0.395 e. The average Bonchev–Trinajstić information content (AvgIpc) is 2.24. The summed E-state index contributed by atoms with van der Waals surface area (Å²) < 4.78 is 1.24. The summed E-state index contributed by atoms with van der Waals surface area (Å²) in [6, 6.07) is 2.90. The molecule has 0 unspecified atom stereocenters. The van der Waals surface area contributed by atoms with E-state index in [1.807, 2.05) is 13.8 Å². The van der Waals surface area contributed by atoms with Gasteiger partial charge in [-0.3, -0.25) is 9.59 Å². The zero-order valence-electron chi connectivity index (χ0n) is 8.93. The van der Waals surface area contributed by atoms with Gasteiger partial charge in [-0.15, -0.1) is 0 Å². The predicted molar refractivity (Wildman–Crippen MR) is 57.7 cm³/mol. The van der Waals surface area contributed by atoms with Gasteiger partial charge in [0.1, 0.15) is 5.56 Å². The molecule has 0 saturated heterocycles. The number of amides is 1. The lowest BCUT2D eigenvalue weighted by Crippen LogP contribution is -2.29. The quantitative estimate of drug-likeness (QED) is 0.737. The van der Waals surface area contributed by atoms with E-state index in [1.165, 1.54) is 22.9 Å². The first-order chi connectivity index (χ1) is 7.16. The molecule has 5 nitrogen and oxygen atoms in total. The molecule has 0 aliphatic rings. The zero-order valence-corrected chi connectivity index (χ0v) is 8.93. The summed E-state index contributed by atoms with van der Waals surface area (Å²) >= 11 is 0. The highest BCUT2D eigenvalue weighted by Crippen LogP contribution is 1.90. The summed E-state index contributed by atoms with van der Waals surface area (Å²) in [5, 5.41) is 8.60. The average molecular weight is 212 g/mol. The van der Waals surface area contributed by atoms with E-state index >= 15 is 0 Å². The second-order valence-electron chi connectivity index (χ2n) is 2.51. The molecule has 0 aromatic carbocycles. The van der Waals surface area contributed by atoms with Crippen molar-refractivity contribution in [2.45, 2.75) is 20.4 Å². The van der Waals surface area contributed by atoms with E-state index in [0.717, 1.165) is 0 Å². The van der Waals surface area contributed by atoms with E-state index in [0.29, 0.717) is 0 Å². The molecule has 0 aliphatic carbocycles. The van der Waals surface area contributed by atoms with Crippen molar-refractivity contribution in [3.8, 4) is 0 Å². The Balaban J connectivity index is 0.000000921. The minimum absolute atomic E-state index is 0.0593. The van der Waals surface area contributed by atoms with Gasteiger partial charge < -0.3 is 15.4 Å². The van der Waals surface area contributed by atoms with Gasteiger partial charge in [0.2, 0.25) is 0 Å². The van der Waals surface area contributed by atoms with E-state index in [-0.39, 0.29) is 18.7 Å². The first kappa shape index (κ1) is 13.4. The van der Waals surface area contributed by atoms with Gasteiger partial charge in [0.05, 0.1) is 6.61 Å². The van der Waals surface area contributed by atoms with Crippen molar-refractivity contribution >= 4 is 5.91 Å². The second-order valence-corrected chi connectivity index (χ2v) is 2.51. The predicted octanol–water partition coefficient (Wildman–Crippen LogP) is -0.0343. The van der Waals surface area contributed by atoms with Crippen molar-refractivity contribution in [1.29, 1.82) is 0 Å². The maximum atomic E-state index is 11.4. The monoisotopic (exact) mass is 212 g/mol. The normalized spacial score (nSPS) is 9.00. The number of hydrogen-bond acceptors (Lipinski definition) is 3. The fourth-order valence-corrected chi connectivity index (χ4v) is 1.01. The first-order valence-electron chi connectivity index (χ1n) is 4.77. The van der Waals surface area contributed by atoms with Crippen LogP contribution < -0.4 is 11.3 Å². The van der Waals surface area contributed by atoms with Gasteiger partial charge in [-0.25, -0.2) is 0 Å². The summed E-state index contributed by atoms with van der Waals surface area (Å²) in [5.41, 5.74) is 4.44. The van der Waals surface area contributed by atoms with Crippen LogP contribution >= 0.6 is 0 Å². The van der Waals surface area contributed by atoms with Gasteiger partial charge in [0.25, 0.3) is 11.5 Å². The van der Waals surface area contributed by atoms with Gasteiger partial charge in [0, 0.05) is 12.7 Å². The molecule has 0 spiro atoms. The Hall–Kier alpha value is -1.62. The highest BCUT2D eigenvalue weighted by atomic mass is 16.3. The second kappa shape index (κ2) is 6.78. The maximum absolute atomic E-state index is 11.4. The van der Waals surface area contributed by atoms with Crippen molar-refractivity contribution in [3.05, 3.63) is 34.2 Å². The summed E-state index contributed by atoms with van der Waals surface area (Å²) in [7, 11) is 0. The number of aliphatic hydroxyl groups is 1. The molecule has 0 radical (unpaired) electrons. The van der Waals surface area contributed by atoms with Crippen LogP contribution in [0.3, 0.4) is 0 Å². The van der Waals surface area contributed by atoms with Gasteiger partial charge >= 0.3 is 0 Å². The van der Waals surface area contributed by atoms with Gasteiger partial charge in [-0.05, 0) is 12.1 Å². The summed E-state index contributed by atoms with van der Waals surface area (Å²) in [4.78, 5) is 22.1. The number of carbonyl (C=O) groups excluding carboxylic acids is 1. The molecule has 0 saturated carbocycles. The standard InChI is InChI=1S/C8H10N2O3.C2H6/c9-7(12)6-2-1-3-10(4-5-11)8(6)13;1-2/h1-3,11H,4-5H2,(H2,9,12);1-2H3. The molecule has 1 aromatic heterocycles. The lowest BCUT2D eigenvalue weighted by molar-refractivity contribution is 0.0998. The third-order valence-electron chi connectivity index (χ3n) is 1.63. The van der Waals surface area contributed by atoms with Crippen molar-refractivity contribution in [2.75, 3.05) is 6.61 Å². The van der Waals surface area contributed by atoms with E-state index < -0.39 is 11.5 Å². The van der Waals surface area contributed by atoms with Crippen LogP contribution in [0.15, 0.2) is 23.1 Å². The lowest BCUT2D eigenvalue weighted by Gasteiger charge is -2.03. The lowest BCUT2D eigenvalue weighted by atomic mass is 10.2. The molecule has 0 aliphatic heterocycles. The van der Waals surface area contributed by atoms with Crippen LogP contribution in [0.5, 0.6) is 0 Å².